The number of sulfonamides is 1. The van der Waals surface area contributed by atoms with Crippen LogP contribution in [0.3, 0.4) is 0 Å². The zero-order valence-corrected chi connectivity index (χ0v) is 17.6. The number of fused-ring (bicyclic) bond motifs is 1. The van der Waals surface area contributed by atoms with Crippen LogP contribution in [0.5, 0.6) is 0 Å². The lowest BCUT2D eigenvalue weighted by atomic mass is 10.1. The van der Waals surface area contributed by atoms with Gasteiger partial charge in [-0.1, -0.05) is 18.2 Å². The third-order valence-electron chi connectivity index (χ3n) is 5.12. The second-order valence-corrected chi connectivity index (χ2v) is 9.50. The highest BCUT2D eigenvalue weighted by molar-refractivity contribution is 7.89. The third-order valence-corrected chi connectivity index (χ3v) is 6.95. The average Bonchev–Trinajstić information content (AvgIpc) is 2.72. The zero-order chi connectivity index (χ0) is 21.5. The van der Waals surface area contributed by atoms with E-state index in [0.717, 1.165) is 0 Å². The van der Waals surface area contributed by atoms with E-state index in [0.29, 0.717) is 11.4 Å². The number of hydrogen-bond acceptors (Lipinski definition) is 5. The minimum absolute atomic E-state index is 0.0457. The molecule has 1 N–H and O–H groups in total. The number of nitrogens with zero attached hydrogens (tertiary/aromatic N) is 2. The van der Waals surface area contributed by atoms with Crippen molar-refractivity contribution in [2.75, 3.05) is 29.9 Å². The third kappa shape index (κ3) is 3.83. The van der Waals surface area contributed by atoms with Crippen LogP contribution in [-0.2, 0) is 19.6 Å². The predicted molar refractivity (Wildman–Crippen MR) is 112 cm³/mol. The van der Waals surface area contributed by atoms with Gasteiger partial charge in [0.15, 0.2) is 0 Å². The fraction of sp³-hybridized carbons (Fsp3) is 0.333. The topological polar surface area (TPSA) is 96.0 Å². The first-order valence-electron chi connectivity index (χ1n) is 9.72. The zero-order valence-electron chi connectivity index (χ0n) is 16.7. The fourth-order valence-corrected chi connectivity index (χ4v) is 5.47. The Balaban J connectivity index is 1.66. The molecule has 0 aromatic heterocycles. The largest absolute Gasteiger partial charge is 0.373 e. The number of amides is 2. The molecule has 0 unspecified atom stereocenters. The number of benzene rings is 2. The van der Waals surface area contributed by atoms with Crippen LogP contribution in [0.15, 0.2) is 53.4 Å². The average molecular weight is 429 g/mol. The second-order valence-electron chi connectivity index (χ2n) is 7.56. The number of anilines is 2. The van der Waals surface area contributed by atoms with Crippen molar-refractivity contribution in [3.05, 3.63) is 54.1 Å². The van der Waals surface area contributed by atoms with Gasteiger partial charge >= 0.3 is 0 Å². The summed E-state index contributed by atoms with van der Waals surface area (Å²) in [6.45, 7) is 4.04. The van der Waals surface area contributed by atoms with Crippen LogP contribution in [0.4, 0.5) is 11.4 Å². The van der Waals surface area contributed by atoms with Gasteiger partial charge in [0.2, 0.25) is 15.9 Å². The van der Waals surface area contributed by atoms with E-state index in [4.69, 9.17) is 4.74 Å². The summed E-state index contributed by atoms with van der Waals surface area (Å²) in [4.78, 5) is 26.6. The molecule has 2 aromatic carbocycles. The van der Waals surface area contributed by atoms with Gasteiger partial charge in [0, 0.05) is 18.7 Å². The summed E-state index contributed by atoms with van der Waals surface area (Å²) < 4.78 is 33.3. The van der Waals surface area contributed by atoms with Crippen molar-refractivity contribution < 1.29 is 22.7 Å². The molecule has 0 spiro atoms. The van der Waals surface area contributed by atoms with Crippen molar-refractivity contribution in [2.45, 2.75) is 31.0 Å². The Morgan fingerprint density at radius 1 is 1.07 bits per heavy atom. The molecule has 2 heterocycles. The van der Waals surface area contributed by atoms with Crippen molar-refractivity contribution in [1.82, 2.24) is 4.31 Å². The first kappa shape index (κ1) is 20.5. The number of rotatable bonds is 3. The van der Waals surface area contributed by atoms with Gasteiger partial charge in [-0.25, -0.2) is 8.42 Å². The van der Waals surface area contributed by atoms with Crippen molar-refractivity contribution >= 4 is 33.2 Å². The monoisotopic (exact) mass is 429 g/mol. The molecule has 1 fully saturated rings. The highest BCUT2D eigenvalue weighted by Crippen LogP contribution is 2.30. The van der Waals surface area contributed by atoms with E-state index in [1.807, 2.05) is 13.8 Å². The molecule has 2 aliphatic rings. The lowest BCUT2D eigenvalue weighted by molar-refractivity contribution is -0.115. The molecule has 2 amide bonds. The molecule has 158 valence electrons. The highest BCUT2D eigenvalue weighted by Gasteiger charge is 2.33. The predicted octanol–water partition coefficient (Wildman–Crippen LogP) is 2.08. The number of nitrogens with one attached hydrogen (secondary N) is 1. The van der Waals surface area contributed by atoms with Crippen molar-refractivity contribution in [3.63, 3.8) is 0 Å². The summed E-state index contributed by atoms with van der Waals surface area (Å²) in [5.41, 5.74) is 1.32. The van der Waals surface area contributed by atoms with E-state index in [9.17, 15) is 18.0 Å². The van der Waals surface area contributed by atoms with Crippen LogP contribution in [0.1, 0.15) is 24.2 Å². The first-order valence-corrected chi connectivity index (χ1v) is 11.2. The van der Waals surface area contributed by atoms with E-state index in [1.54, 1.807) is 36.4 Å². The molecule has 2 aromatic rings. The van der Waals surface area contributed by atoms with Gasteiger partial charge < -0.3 is 10.1 Å². The Morgan fingerprint density at radius 3 is 2.50 bits per heavy atom. The molecule has 0 bridgehead atoms. The standard InChI is InChI=1S/C21H23N3O5S/c1-14-11-23(12-15(2)29-14)30(27,28)17-7-5-6-16(10-17)21(26)24-13-20(25)22-18-8-3-4-9-19(18)24/h3-10,14-15H,11-13H2,1-2H3,(H,22,25)/t14-,15+. The maximum atomic E-state index is 13.2. The number of hydrogen-bond donors (Lipinski definition) is 1. The summed E-state index contributed by atoms with van der Waals surface area (Å²) in [5, 5.41) is 2.74. The lowest BCUT2D eigenvalue weighted by Crippen LogP contribution is -2.48. The van der Waals surface area contributed by atoms with E-state index >= 15 is 0 Å². The molecule has 8 nitrogen and oxygen atoms in total. The molecule has 1 saturated heterocycles. The summed E-state index contributed by atoms with van der Waals surface area (Å²) >= 11 is 0. The molecular weight excluding hydrogens is 406 g/mol. The number of ether oxygens (including phenoxy) is 1. The molecule has 0 saturated carbocycles. The van der Waals surface area contributed by atoms with Crippen LogP contribution >= 0.6 is 0 Å². The van der Waals surface area contributed by atoms with Crippen molar-refractivity contribution in [3.8, 4) is 0 Å². The number of para-hydroxylation sites is 2. The molecule has 30 heavy (non-hydrogen) atoms. The smallest absolute Gasteiger partial charge is 0.258 e. The Hall–Kier alpha value is -2.75. The Morgan fingerprint density at radius 2 is 1.77 bits per heavy atom. The molecular formula is C21H23N3O5S. The van der Waals surface area contributed by atoms with Crippen LogP contribution in [-0.4, -0.2) is 56.4 Å². The molecule has 0 radical (unpaired) electrons. The summed E-state index contributed by atoms with van der Waals surface area (Å²) in [6, 6.07) is 13.0. The number of morpholine rings is 1. The van der Waals surface area contributed by atoms with E-state index in [1.165, 1.54) is 21.3 Å². The van der Waals surface area contributed by atoms with E-state index < -0.39 is 15.9 Å². The maximum Gasteiger partial charge on any atom is 0.258 e. The molecule has 9 heteroatoms. The van der Waals surface area contributed by atoms with Crippen LogP contribution < -0.4 is 10.2 Å². The summed E-state index contributed by atoms with van der Waals surface area (Å²) in [7, 11) is -3.78. The van der Waals surface area contributed by atoms with Gasteiger partial charge in [0.1, 0.15) is 6.54 Å². The quantitative estimate of drug-likeness (QED) is 0.806. The van der Waals surface area contributed by atoms with Gasteiger partial charge in [-0.15, -0.1) is 0 Å². The Bertz CT molecular complexity index is 1090. The molecule has 0 aliphatic carbocycles. The van der Waals surface area contributed by atoms with Gasteiger partial charge in [0.25, 0.3) is 5.91 Å². The van der Waals surface area contributed by atoms with Gasteiger partial charge in [-0.3, -0.25) is 14.5 Å². The van der Waals surface area contributed by atoms with E-state index in [-0.39, 0.29) is 48.2 Å². The SMILES string of the molecule is C[C@@H]1CN(S(=O)(=O)c2cccc(C(=O)N3CC(=O)Nc4ccccc43)c2)C[C@H](C)O1. The maximum absolute atomic E-state index is 13.2. The minimum Gasteiger partial charge on any atom is -0.373 e. The van der Waals surface area contributed by atoms with Gasteiger partial charge in [-0.05, 0) is 44.2 Å². The number of carbonyl (C=O) groups is 2. The van der Waals surface area contributed by atoms with Crippen molar-refractivity contribution in [2.24, 2.45) is 0 Å². The normalized spacial score (nSPS) is 22.3. The summed E-state index contributed by atoms with van der Waals surface area (Å²) in [6.07, 6.45) is -0.423. The van der Waals surface area contributed by atoms with E-state index in [2.05, 4.69) is 5.32 Å². The summed E-state index contributed by atoms with van der Waals surface area (Å²) in [5.74, 6) is -0.736. The number of carbonyl (C=O) groups excluding carboxylic acids is 2. The van der Waals surface area contributed by atoms with Gasteiger partial charge in [-0.2, -0.15) is 4.31 Å². The Kier molecular flexibility index (Phi) is 5.35. The van der Waals surface area contributed by atoms with Crippen LogP contribution in [0.2, 0.25) is 0 Å². The Labute approximate surface area is 175 Å². The minimum atomic E-state index is -3.78. The lowest BCUT2D eigenvalue weighted by Gasteiger charge is -2.34. The van der Waals surface area contributed by atoms with Crippen LogP contribution in [0, 0.1) is 0 Å². The molecule has 2 aliphatic heterocycles. The van der Waals surface area contributed by atoms with Crippen molar-refractivity contribution in [1.29, 1.82) is 0 Å². The first-order chi connectivity index (χ1) is 14.3. The fourth-order valence-electron chi connectivity index (χ4n) is 3.84. The molecule has 4 rings (SSSR count). The van der Waals surface area contributed by atoms with Gasteiger partial charge in [0.05, 0.1) is 28.5 Å². The molecule has 2 atom stereocenters. The highest BCUT2D eigenvalue weighted by atomic mass is 32.2. The van der Waals surface area contributed by atoms with Crippen LogP contribution in [0.25, 0.3) is 0 Å². The second kappa shape index (κ2) is 7.82.